The van der Waals surface area contributed by atoms with E-state index in [-0.39, 0.29) is 10.8 Å². The van der Waals surface area contributed by atoms with Crippen LogP contribution in [0.1, 0.15) is 66.9 Å². The van der Waals surface area contributed by atoms with Crippen molar-refractivity contribution >= 4 is 0 Å². The first-order valence-corrected chi connectivity index (χ1v) is 7.75. The Morgan fingerprint density at radius 2 is 1.37 bits per heavy atom. The first-order valence-electron chi connectivity index (χ1n) is 7.75. The smallest absolute Gasteiger partial charge is 0.000121 e. The average molecular weight is 260 g/mol. The third-order valence-electron chi connectivity index (χ3n) is 5.09. The maximum Gasteiger partial charge on any atom is -0.000121 e. The number of hydrogen-bond donors (Lipinski definition) is 0. The lowest BCUT2D eigenvalue weighted by atomic mass is 9.57. The molecule has 0 aliphatic heterocycles. The molecule has 0 nitrogen and oxygen atoms in total. The van der Waals surface area contributed by atoms with Crippen molar-refractivity contribution in [3.05, 3.63) is 35.9 Å². The molecule has 0 saturated heterocycles. The summed E-state index contributed by atoms with van der Waals surface area (Å²) in [6.07, 6.45) is 2.63. The molecule has 0 aliphatic carbocycles. The Bertz CT molecular complexity index is 369. The van der Waals surface area contributed by atoms with Crippen molar-refractivity contribution in [3.63, 3.8) is 0 Å². The molecule has 0 aliphatic rings. The Morgan fingerprint density at radius 3 is 1.79 bits per heavy atom. The van der Waals surface area contributed by atoms with Crippen LogP contribution in [0.15, 0.2) is 30.3 Å². The zero-order valence-electron chi connectivity index (χ0n) is 14.0. The van der Waals surface area contributed by atoms with Crippen LogP contribution in [0.5, 0.6) is 0 Å². The molecule has 1 aromatic carbocycles. The minimum absolute atomic E-state index is 0.225. The summed E-state index contributed by atoms with van der Waals surface area (Å²) in [4.78, 5) is 0. The first-order chi connectivity index (χ1) is 8.69. The fourth-order valence-electron chi connectivity index (χ4n) is 3.11. The van der Waals surface area contributed by atoms with Crippen LogP contribution in [0.4, 0.5) is 0 Å². The summed E-state index contributed by atoms with van der Waals surface area (Å²) in [6, 6.07) is 11.1. The van der Waals surface area contributed by atoms with E-state index in [1.165, 1.54) is 18.4 Å². The SMILES string of the molecule is CC(C)CCC(C)C(C)(c1ccccc1)C(C)(C)C. The largest absolute Gasteiger partial charge is 0.0628 e. The van der Waals surface area contributed by atoms with Gasteiger partial charge < -0.3 is 0 Å². The van der Waals surface area contributed by atoms with Crippen molar-refractivity contribution < 1.29 is 0 Å². The molecule has 0 radical (unpaired) electrons. The van der Waals surface area contributed by atoms with Gasteiger partial charge in [0.1, 0.15) is 0 Å². The number of benzene rings is 1. The van der Waals surface area contributed by atoms with Gasteiger partial charge in [-0.2, -0.15) is 0 Å². The molecule has 1 aromatic rings. The van der Waals surface area contributed by atoms with Gasteiger partial charge >= 0.3 is 0 Å². The highest BCUT2D eigenvalue weighted by Crippen LogP contribution is 2.48. The van der Waals surface area contributed by atoms with Crippen molar-refractivity contribution in [2.45, 2.75) is 66.7 Å². The van der Waals surface area contributed by atoms with E-state index in [0.717, 1.165) is 5.92 Å². The van der Waals surface area contributed by atoms with Gasteiger partial charge in [0.2, 0.25) is 0 Å². The van der Waals surface area contributed by atoms with Crippen molar-refractivity contribution in [1.82, 2.24) is 0 Å². The van der Waals surface area contributed by atoms with Gasteiger partial charge in [-0.3, -0.25) is 0 Å². The van der Waals surface area contributed by atoms with Crippen molar-refractivity contribution in [3.8, 4) is 0 Å². The molecule has 2 atom stereocenters. The van der Waals surface area contributed by atoms with Crippen molar-refractivity contribution in [1.29, 1.82) is 0 Å². The molecule has 0 N–H and O–H groups in total. The van der Waals surface area contributed by atoms with Crippen LogP contribution in [0, 0.1) is 17.3 Å². The normalized spacial score (nSPS) is 17.3. The zero-order valence-corrected chi connectivity index (χ0v) is 14.0. The molecule has 0 aromatic heterocycles. The maximum atomic E-state index is 2.45. The van der Waals surface area contributed by atoms with E-state index in [1.807, 2.05) is 0 Å². The van der Waals surface area contributed by atoms with Gasteiger partial charge in [-0.1, -0.05) is 85.2 Å². The number of rotatable bonds is 5. The third-order valence-corrected chi connectivity index (χ3v) is 5.09. The highest BCUT2D eigenvalue weighted by molar-refractivity contribution is 5.28. The van der Waals surface area contributed by atoms with Crippen LogP contribution in [0.25, 0.3) is 0 Å². The van der Waals surface area contributed by atoms with Crippen LogP contribution < -0.4 is 0 Å². The fourth-order valence-corrected chi connectivity index (χ4v) is 3.11. The van der Waals surface area contributed by atoms with E-state index >= 15 is 0 Å². The highest BCUT2D eigenvalue weighted by atomic mass is 14.5. The summed E-state index contributed by atoms with van der Waals surface area (Å²) < 4.78 is 0. The van der Waals surface area contributed by atoms with Gasteiger partial charge in [0.25, 0.3) is 0 Å². The molecule has 0 amide bonds. The molecular weight excluding hydrogens is 228 g/mol. The lowest BCUT2D eigenvalue weighted by molar-refractivity contribution is 0.121. The molecule has 0 spiro atoms. The Hall–Kier alpha value is -0.780. The standard InChI is InChI=1S/C19H32/c1-15(2)13-14-16(3)19(7,18(4,5)6)17-11-9-8-10-12-17/h8-12,15-16H,13-14H2,1-7H3. The third kappa shape index (κ3) is 3.61. The molecule has 19 heavy (non-hydrogen) atoms. The van der Waals surface area contributed by atoms with Crippen molar-refractivity contribution in [2.24, 2.45) is 17.3 Å². The molecular formula is C19H32. The second-order valence-corrected chi connectivity index (χ2v) is 7.69. The van der Waals surface area contributed by atoms with E-state index in [2.05, 4.69) is 78.8 Å². The quantitative estimate of drug-likeness (QED) is 0.603. The summed E-state index contributed by atoms with van der Waals surface area (Å²) in [5, 5.41) is 0. The van der Waals surface area contributed by atoms with E-state index in [1.54, 1.807) is 0 Å². The molecule has 1 rings (SSSR count). The average Bonchev–Trinajstić information content (AvgIpc) is 2.34. The van der Waals surface area contributed by atoms with Gasteiger partial charge in [-0.25, -0.2) is 0 Å². The molecule has 0 saturated carbocycles. The molecule has 0 heteroatoms. The monoisotopic (exact) mass is 260 g/mol. The minimum atomic E-state index is 0.225. The molecule has 2 unspecified atom stereocenters. The molecule has 108 valence electrons. The predicted molar refractivity (Wildman–Crippen MR) is 86.5 cm³/mol. The van der Waals surface area contributed by atoms with E-state index in [4.69, 9.17) is 0 Å². The van der Waals surface area contributed by atoms with Crippen LogP contribution in [0.3, 0.4) is 0 Å². The Kier molecular flexibility index (Phi) is 5.24. The fraction of sp³-hybridized carbons (Fsp3) is 0.684. The minimum Gasteiger partial charge on any atom is -0.0628 e. The summed E-state index contributed by atoms with van der Waals surface area (Å²) in [7, 11) is 0. The van der Waals surface area contributed by atoms with Crippen molar-refractivity contribution in [2.75, 3.05) is 0 Å². The van der Waals surface area contributed by atoms with Gasteiger partial charge in [0.05, 0.1) is 0 Å². The second-order valence-electron chi connectivity index (χ2n) is 7.69. The summed E-state index contributed by atoms with van der Waals surface area (Å²) in [5.74, 6) is 1.49. The first kappa shape index (κ1) is 16.3. The van der Waals surface area contributed by atoms with E-state index in [0.29, 0.717) is 5.92 Å². The van der Waals surface area contributed by atoms with E-state index < -0.39 is 0 Å². The van der Waals surface area contributed by atoms with E-state index in [9.17, 15) is 0 Å². The lowest BCUT2D eigenvalue weighted by Crippen LogP contribution is -2.43. The summed E-state index contributed by atoms with van der Waals surface area (Å²) in [6.45, 7) is 16.7. The highest BCUT2D eigenvalue weighted by Gasteiger charge is 2.42. The Balaban J connectivity index is 3.08. The number of hydrogen-bond acceptors (Lipinski definition) is 0. The topological polar surface area (TPSA) is 0 Å². The van der Waals surface area contributed by atoms with Crippen LogP contribution in [-0.2, 0) is 5.41 Å². The Labute approximate surface area is 120 Å². The summed E-state index contributed by atoms with van der Waals surface area (Å²) >= 11 is 0. The molecule has 0 bridgehead atoms. The van der Waals surface area contributed by atoms with Crippen LogP contribution >= 0.6 is 0 Å². The predicted octanol–water partition coefficient (Wildman–Crippen LogP) is 6.06. The van der Waals surface area contributed by atoms with Crippen LogP contribution in [0.2, 0.25) is 0 Å². The molecule has 0 fully saturated rings. The maximum absolute atomic E-state index is 2.45. The summed E-state index contributed by atoms with van der Waals surface area (Å²) in [5.41, 5.74) is 1.98. The lowest BCUT2D eigenvalue weighted by Gasteiger charge is -2.47. The second kappa shape index (κ2) is 6.11. The van der Waals surface area contributed by atoms with Gasteiger partial charge in [0, 0.05) is 0 Å². The van der Waals surface area contributed by atoms with Gasteiger partial charge in [-0.15, -0.1) is 0 Å². The van der Waals surface area contributed by atoms with Crippen LogP contribution in [-0.4, -0.2) is 0 Å². The van der Waals surface area contributed by atoms with Gasteiger partial charge in [0.15, 0.2) is 0 Å². The Morgan fingerprint density at radius 1 is 0.842 bits per heavy atom. The zero-order chi connectivity index (χ0) is 14.7. The molecule has 0 heterocycles. The van der Waals surface area contributed by atoms with Gasteiger partial charge in [-0.05, 0) is 34.7 Å².